The average Bonchev–Trinajstić information content (AvgIpc) is 3.57. The van der Waals surface area contributed by atoms with Gasteiger partial charge >= 0.3 is 12.0 Å². The van der Waals surface area contributed by atoms with Gasteiger partial charge in [0.05, 0.1) is 18.5 Å². The molecule has 0 spiro atoms. The largest absolute Gasteiger partial charge is 0.490 e. The molecule has 0 saturated carbocycles. The van der Waals surface area contributed by atoms with Gasteiger partial charge in [-0.05, 0) is 35.4 Å². The van der Waals surface area contributed by atoms with Crippen molar-refractivity contribution in [2.45, 2.75) is 18.9 Å². The van der Waals surface area contributed by atoms with Crippen molar-refractivity contribution in [3.63, 3.8) is 0 Å². The fourth-order valence-corrected chi connectivity index (χ4v) is 4.99. The van der Waals surface area contributed by atoms with Crippen LogP contribution >= 0.6 is 11.3 Å². The number of nitrogens with two attached hydrogens (primary N) is 1. The molecule has 3 heterocycles. The SMILES string of the molecule is COC(=O)c1csc(COc2ccc3c(c2)N(C)C(=O)[C@@H](c2nn(C(N)=O)cc2Cc2cccc(F)c2)CO3)n1. The Hall–Kier alpha value is -4.78. The third-order valence-corrected chi connectivity index (χ3v) is 7.12. The van der Waals surface area contributed by atoms with Crippen molar-refractivity contribution in [2.75, 3.05) is 25.7 Å². The van der Waals surface area contributed by atoms with E-state index in [1.54, 1.807) is 42.8 Å². The monoisotopic (exact) mass is 565 g/mol. The highest BCUT2D eigenvalue weighted by atomic mass is 32.1. The zero-order valence-corrected chi connectivity index (χ0v) is 22.3. The minimum absolute atomic E-state index is 0.0439. The number of carbonyl (C=O) groups excluding carboxylic acids is 3. The van der Waals surface area contributed by atoms with E-state index in [9.17, 15) is 18.8 Å². The standard InChI is InChI=1S/C27H24FN5O6S/c1-32-21-10-18(38-13-23-30-20(14-40-23)26(35)37-2)6-7-22(21)39-12-19(25(32)34)24-16(11-33(31-24)27(29)36)8-15-4-3-5-17(28)9-15/h3-7,9-11,14,19H,8,12-13H2,1-2H3,(H2,29,36)/t19-/m1/s1. The number of nitrogens with zero attached hydrogens (tertiary/aromatic N) is 4. The predicted molar refractivity (Wildman–Crippen MR) is 142 cm³/mol. The molecule has 2 amide bonds. The first-order valence-electron chi connectivity index (χ1n) is 12.1. The first-order valence-corrected chi connectivity index (χ1v) is 12.9. The van der Waals surface area contributed by atoms with Crippen LogP contribution in [0, 0.1) is 5.82 Å². The maximum atomic E-state index is 13.8. The summed E-state index contributed by atoms with van der Waals surface area (Å²) in [7, 11) is 2.89. The molecule has 5 rings (SSSR count). The second kappa shape index (κ2) is 11.1. The van der Waals surface area contributed by atoms with Gasteiger partial charge in [0.2, 0.25) is 5.91 Å². The van der Waals surface area contributed by atoms with Crippen LogP contribution in [0.2, 0.25) is 0 Å². The van der Waals surface area contributed by atoms with Gasteiger partial charge in [-0.2, -0.15) is 9.78 Å². The van der Waals surface area contributed by atoms with E-state index in [0.717, 1.165) is 4.68 Å². The number of anilines is 1. The van der Waals surface area contributed by atoms with Crippen LogP contribution in [-0.4, -0.2) is 53.4 Å². The fraction of sp³-hybridized carbons (Fsp3) is 0.222. The first kappa shape index (κ1) is 26.8. The van der Waals surface area contributed by atoms with Crippen molar-refractivity contribution < 1.29 is 33.0 Å². The number of methoxy groups -OCH3 is 1. The number of fused-ring (bicyclic) bond motifs is 1. The number of likely N-dealkylation sites (N-methyl/N-ethyl adjacent to an activating group) is 1. The van der Waals surface area contributed by atoms with Crippen LogP contribution in [0.1, 0.15) is 38.2 Å². The maximum Gasteiger partial charge on any atom is 0.357 e. The van der Waals surface area contributed by atoms with Crippen LogP contribution in [0.3, 0.4) is 0 Å². The van der Waals surface area contributed by atoms with Crippen molar-refractivity contribution >= 4 is 34.9 Å². The summed E-state index contributed by atoms with van der Waals surface area (Å²) in [6.07, 6.45) is 1.68. The van der Waals surface area contributed by atoms with Gasteiger partial charge in [0, 0.05) is 31.1 Å². The Labute approximate surface area is 231 Å². The van der Waals surface area contributed by atoms with Crippen LogP contribution in [0.25, 0.3) is 0 Å². The maximum absolute atomic E-state index is 13.8. The Morgan fingerprint density at radius 2 is 2.08 bits per heavy atom. The highest BCUT2D eigenvalue weighted by Crippen LogP contribution is 2.38. The van der Waals surface area contributed by atoms with E-state index >= 15 is 0 Å². The summed E-state index contributed by atoms with van der Waals surface area (Å²) in [5.41, 5.74) is 7.63. The molecule has 2 N–H and O–H groups in total. The Morgan fingerprint density at radius 3 is 2.83 bits per heavy atom. The minimum Gasteiger partial charge on any atom is -0.490 e. The van der Waals surface area contributed by atoms with Crippen molar-refractivity contribution in [1.29, 1.82) is 0 Å². The topological polar surface area (TPSA) is 139 Å². The van der Waals surface area contributed by atoms with Crippen molar-refractivity contribution in [2.24, 2.45) is 5.73 Å². The number of halogens is 1. The Bertz CT molecular complexity index is 1600. The number of primary amides is 1. The molecule has 0 bridgehead atoms. The number of esters is 1. The average molecular weight is 566 g/mol. The summed E-state index contributed by atoms with van der Waals surface area (Å²) in [5, 5.41) is 6.46. The third kappa shape index (κ3) is 5.50. The van der Waals surface area contributed by atoms with Crippen LogP contribution in [0.4, 0.5) is 14.9 Å². The van der Waals surface area contributed by atoms with Gasteiger partial charge in [-0.1, -0.05) is 12.1 Å². The van der Waals surface area contributed by atoms with Crippen LogP contribution in [0.5, 0.6) is 11.5 Å². The Balaban J connectivity index is 1.38. The quantitative estimate of drug-likeness (QED) is 0.336. The number of amides is 2. The lowest BCUT2D eigenvalue weighted by Crippen LogP contribution is -2.33. The molecule has 0 fully saturated rings. The number of hydrogen-bond donors (Lipinski definition) is 1. The van der Waals surface area contributed by atoms with Gasteiger partial charge in [0.15, 0.2) is 5.69 Å². The van der Waals surface area contributed by atoms with Gasteiger partial charge in [0.25, 0.3) is 0 Å². The smallest absolute Gasteiger partial charge is 0.357 e. The second-order valence-corrected chi connectivity index (χ2v) is 9.87. The molecule has 2 aromatic carbocycles. The molecular weight excluding hydrogens is 541 g/mol. The molecule has 40 heavy (non-hydrogen) atoms. The Kier molecular flexibility index (Phi) is 7.47. The number of hydrogen-bond acceptors (Lipinski definition) is 9. The number of rotatable bonds is 7. The lowest BCUT2D eigenvalue weighted by molar-refractivity contribution is -0.120. The zero-order valence-electron chi connectivity index (χ0n) is 21.5. The zero-order chi connectivity index (χ0) is 28.4. The summed E-state index contributed by atoms with van der Waals surface area (Å²) in [5.74, 6) is -1.21. The van der Waals surface area contributed by atoms with E-state index in [-0.39, 0.29) is 31.2 Å². The summed E-state index contributed by atoms with van der Waals surface area (Å²) in [6.45, 7) is 0.0628. The van der Waals surface area contributed by atoms with Crippen molar-refractivity contribution in [1.82, 2.24) is 14.8 Å². The third-order valence-electron chi connectivity index (χ3n) is 6.30. The fourth-order valence-electron chi connectivity index (χ4n) is 4.32. The molecule has 1 aliphatic heterocycles. The molecule has 206 valence electrons. The molecule has 4 aromatic rings. The summed E-state index contributed by atoms with van der Waals surface area (Å²) in [6, 6.07) is 10.3. The van der Waals surface area contributed by atoms with E-state index < -0.39 is 23.7 Å². The van der Waals surface area contributed by atoms with Gasteiger partial charge in [0.1, 0.15) is 41.5 Å². The highest BCUT2D eigenvalue weighted by Gasteiger charge is 2.34. The number of thiazole rings is 1. The molecule has 0 radical (unpaired) electrons. The minimum atomic E-state index is -0.863. The lowest BCUT2D eigenvalue weighted by atomic mass is 9.97. The first-order chi connectivity index (χ1) is 19.2. The normalized spacial score (nSPS) is 14.7. The molecule has 0 unspecified atom stereocenters. The number of ether oxygens (including phenoxy) is 3. The number of carbonyl (C=O) groups is 3. The number of aromatic nitrogens is 3. The van der Waals surface area contributed by atoms with Crippen LogP contribution in [-0.2, 0) is 22.6 Å². The van der Waals surface area contributed by atoms with Gasteiger partial charge in [-0.3, -0.25) is 4.79 Å². The van der Waals surface area contributed by atoms with Crippen molar-refractivity contribution in [3.8, 4) is 11.5 Å². The van der Waals surface area contributed by atoms with Gasteiger partial charge in [-0.15, -0.1) is 11.3 Å². The van der Waals surface area contributed by atoms with E-state index in [2.05, 4.69) is 14.8 Å². The summed E-state index contributed by atoms with van der Waals surface area (Å²) in [4.78, 5) is 42.8. The lowest BCUT2D eigenvalue weighted by Gasteiger charge is -2.20. The number of benzene rings is 2. The molecule has 1 aliphatic rings. The van der Waals surface area contributed by atoms with E-state index in [0.29, 0.717) is 39.0 Å². The van der Waals surface area contributed by atoms with Crippen molar-refractivity contribution in [3.05, 3.63) is 87.4 Å². The molecule has 1 atom stereocenters. The van der Waals surface area contributed by atoms with E-state index in [1.165, 1.54) is 41.7 Å². The van der Waals surface area contributed by atoms with Crippen LogP contribution in [0.15, 0.2) is 54.0 Å². The molecule has 13 heteroatoms. The second-order valence-electron chi connectivity index (χ2n) is 8.93. The van der Waals surface area contributed by atoms with Crippen LogP contribution < -0.4 is 20.1 Å². The van der Waals surface area contributed by atoms with E-state index in [4.69, 9.17) is 15.2 Å². The van der Waals surface area contributed by atoms with E-state index in [1.807, 2.05) is 0 Å². The molecule has 2 aromatic heterocycles. The molecular formula is C27H24FN5O6S. The van der Waals surface area contributed by atoms with Gasteiger partial charge in [-0.25, -0.2) is 19.0 Å². The molecule has 0 aliphatic carbocycles. The summed E-state index contributed by atoms with van der Waals surface area (Å²) < 4.78 is 31.3. The molecule has 11 nitrogen and oxygen atoms in total. The molecule has 0 saturated heterocycles. The summed E-state index contributed by atoms with van der Waals surface area (Å²) >= 11 is 1.26. The van der Waals surface area contributed by atoms with Gasteiger partial charge < -0.3 is 24.8 Å². The Morgan fingerprint density at radius 1 is 1.25 bits per heavy atom. The highest BCUT2D eigenvalue weighted by molar-refractivity contribution is 7.09. The predicted octanol–water partition coefficient (Wildman–Crippen LogP) is 3.50.